The van der Waals surface area contributed by atoms with E-state index in [0.29, 0.717) is 16.1 Å². The van der Waals surface area contributed by atoms with Crippen LogP contribution in [-0.4, -0.2) is 26.6 Å². The van der Waals surface area contributed by atoms with Crippen LogP contribution in [0, 0.1) is 13.8 Å². The van der Waals surface area contributed by atoms with Gasteiger partial charge in [-0.25, -0.2) is 4.79 Å². The summed E-state index contributed by atoms with van der Waals surface area (Å²) in [4.78, 5) is 23.5. The number of carbonyl (C=O) groups excluding carboxylic acids is 1. The Balaban J connectivity index is 2.46. The number of benzene rings is 1. The maximum atomic E-state index is 12.2. The molecule has 0 saturated carbocycles. The molecule has 2 rings (SSSR count). The monoisotopic (exact) mass is 277 g/mol. The molecule has 2 N–H and O–H groups in total. The summed E-state index contributed by atoms with van der Waals surface area (Å²) >= 11 is 1.03. The molecule has 0 aliphatic heterocycles. The number of rotatable bonds is 3. The molecule has 1 heterocycles. The summed E-state index contributed by atoms with van der Waals surface area (Å²) in [5.41, 5.74) is 1.35. The zero-order valence-electron chi connectivity index (χ0n) is 10.3. The number of hydrogen-bond acceptors (Lipinski definition) is 5. The second-order valence-corrected chi connectivity index (χ2v) is 4.78. The van der Waals surface area contributed by atoms with Crippen molar-refractivity contribution in [1.82, 2.24) is 9.59 Å². The smallest absolute Gasteiger partial charge is 0.336 e. The van der Waals surface area contributed by atoms with E-state index in [2.05, 4.69) is 14.9 Å². The number of aromatic carboxylic acids is 1. The fraction of sp³-hybridized carbons (Fsp3) is 0.167. The van der Waals surface area contributed by atoms with Crippen LogP contribution in [0.25, 0.3) is 0 Å². The van der Waals surface area contributed by atoms with Crippen LogP contribution in [0.15, 0.2) is 18.3 Å². The quantitative estimate of drug-likeness (QED) is 0.896. The predicted octanol–water partition coefficient (Wildman–Crippen LogP) is 2.11. The third kappa shape index (κ3) is 2.60. The van der Waals surface area contributed by atoms with Crippen molar-refractivity contribution in [3.8, 4) is 0 Å². The molecule has 0 aliphatic rings. The minimum Gasteiger partial charge on any atom is -0.478 e. The fourth-order valence-corrected chi connectivity index (χ4v) is 2.19. The first kappa shape index (κ1) is 13.2. The normalized spacial score (nSPS) is 10.2. The molecule has 19 heavy (non-hydrogen) atoms. The molecular weight excluding hydrogens is 266 g/mol. The summed E-state index contributed by atoms with van der Waals surface area (Å²) in [6, 6.07) is 3.41. The molecule has 1 aromatic carbocycles. The molecule has 6 nitrogen and oxygen atoms in total. The van der Waals surface area contributed by atoms with Crippen molar-refractivity contribution in [3.63, 3.8) is 0 Å². The number of hydrogen-bond donors (Lipinski definition) is 2. The van der Waals surface area contributed by atoms with Gasteiger partial charge in [0.2, 0.25) is 0 Å². The average Bonchev–Trinajstić information content (AvgIpc) is 2.83. The Morgan fingerprint density at radius 1 is 1.21 bits per heavy atom. The molecule has 0 spiro atoms. The standard InChI is InChI=1S/C12H11N3O3S/c1-6-3-4-7(2)10(12(17)18)9(6)11(16)14-8-5-13-15-19-8/h3-5H,1-2H3,(H,14,16)(H,17,18). The minimum absolute atomic E-state index is 0.0231. The van der Waals surface area contributed by atoms with Gasteiger partial charge >= 0.3 is 5.97 Å². The van der Waals surface area contributed by atoms with Gasteiger partial charge in [0.1, 0.15) is 5.00 Å². The summed E-state index contributed by atoms with van der Waals surface area (Å²) in [5.74, 6) is -1.58. The van der Waals surface area contributed by atoms with Crippen LogP contribution >= 0.6 is 11.5 Å². The number of nitrogens with one attached hydrogen (secondary N) is 1. The van der Waals surface area contributed by atoms with Crippen LogP contribution in [0.3, 0.4) is 0 Å². The molecule has 0 bridgehead atoms. The number of aryl methyl sites for hydroxylation is 2. The van der Waals surface area contributed by atoms with Gasteiger partial charge in [0.15, 0.2) is 0 Å². The summed E-state index contributed by atoms with van der Waals surface area (Å²) in [6.07, 6.45) is 1.41. The maximum Gasteiger partial charge on any atom is 0.336 e. The lowest BCUT2D eigenvalue weighted by molar-refractivity contribution is 0.0691. The summed E-state index contributed by atoms with van der Waals surface area (Å²) in [7, 11) is 0. The number of nitrogens with zero attached hydrogens (tertiary/aromatic N) is 2. The number of anilines is 1. The van der Waals surface area contributed by atoms with E-state index >= 15 is 0 Å². The molecule has 0 atom stereocenters. The first-order valence-electron chi connectivity index (χ1n) is 5.43. The van der Waals surface area contributed by atoms with Gasteiger partial charge in [0, 0.05) is 11.5 Å². The molecule has 0 fully saturated rings. The second-order valence-electron chi connectivity index (χ2n) is 3.99. The summed E-state index contributed by atoms with van der Waals surface area (Å²) in [6.45, 7) is 3.36. The molecule has 0 saturated heterocycles. The van der Waals surface area contributed by atoms with Crippen LogP contribution in [-0.2, 0) is 0 Å². The zero-order valence-corrected chi connectivity index (χ0v) is 11.1. The first-order valence-corrected chi connectivity index (χ1v) is 6.20. The number of carbonyl (C=O) groups is 2. The van der Waals surface area contributed by atoms with Gasteiger partial charge in [0.25, 0.3) is 5.91 Å². The Hall–Kier alpha value is -2.28. The van der Waals surface area contributed by atoms with Gasteiger partial charge in [-0.2, -0.15) is 0 Å². The molecule has 98 valence electrons. The molecule has 0 radical (unpaired) electrons. The summed E-state index contributed by atoms with van der Waals surface area (Å²) in [5, 5.41) is 15.9. The van der Waals surface area contributed by atoms with Crippen molar-refractivity contribution in [3.05, 3.63) is 40.6 Å². The molecule has 0 unspecified atom stereocenters. The van der Waals surface area contributed by atoms with Gasteiger partial charge < -0.3 is 10.4 Å². The van der Waals surface area contributed by atoms with Crippen molar-refractivity contribution in [2.75, 3.05) is 5.32 Å². The van der Waals surface area contributed by atoms with Crippen LogP contribution < -0.4 is 5.32 Å². The second kappa shape index (κ2) is 5.15. The molecular formula is C12H11N3O3S. The molecule has 2 aromatic rings. The van der Waals surface area contributed by atoms with Gasteiger partial charge in [-0.1, -0.05) is 16.6 Å². The highest BCUT2D eigenvalue weighted by atomic mass is 32.1. The predicted molar refractivity (Wildman–Crippen MR) is 70.7 cm³/mol. The lowest BCUT2D eigenvalue weighted by Gasteiger charge is -2.11. The first-order chi connectivity index (χ1) is 9.00. The van der Waals surface area contributed by atoms with Crippen molar-refractivity contribution in [1.29, 1.82) is 0 Å². The Morgan fingerprint density at radius 3 is 2.37 bits per heavy atom. The molecule has 0 aliphatic carbocycles. The Labute approximate surface area is 113 Å². The number of carboxylic acids is 1. The Bertz CT molecular complexity index is 638. The third-order valence-corrected chi connectivity index (χ3v) is 3.24. The average molecular weight is 277 g/mol. The molecule has 7 heteroatoms. The van der Waals surface area contributed by atoms with Gasteiger partial charge in [0.05, 0.1) is 17.3 Å². The van der Waals surface area contributed by atoms with Gasteiger partial charge in [-0.15, -0.1) is 5.10 Å². The van der Waals surface area contributed by atoms with Crippen molar-refractivity contribution in [2.45, 2.75) is 13.8 Å². The van der Waals surface area contributed by atoms with Crippen LogP contribution in [0.2, 0.25) is 0 Å². The fourth-order valence-electron chi connectivity index (χ4n) is 1.78. The van der Waals surface area contributed by atoms with E-state index in [1.165, 1.54) is 6.20 Å². The van der Waals surface area contributed by atoms with E-state index in [4.69, 9.17) is 0 Å². The van der Waals surface area contributed by atoms with E-state index in [9.17, 15) is 14.7 Å². The van der Waals surface area contributed by atoms with Crippen molar-refractivity contribution >= 4 is 28.4 Å². The lowest BCUT2D eigenvalue weighted by atomic mass is 9.96. The van der Waals surface area contributed by atoms with Gasteiger partial charge in [-0.3, -0.25) is 4.79 Å². The van der Waals surface area contributed by atoms with Crippen molar-refractivity contribution < 1.29 is 14.7 Å². The topological polar surface area (TPSA) is 92.2 Å². The van der Waals surface area contributed by atoms with Crippen LogP contribution in [0.5, 0.6) is 0 Å². The summed E-state index contributed by atoms with van der Waals surface area (Å²) < 4.78 is 3.63. The largest absolute Gasteiger partial charge is 0.478 e. The van der Waals surface area contributed by atoms with Crippen LogP contribution in [0.1, 0.15) is 31.8 Å². The molecule has 1 amide bonds. The lowest BCUT2D eigenvalue weighted by Crippen LogP contribution is -2.18. The van der Waals surface area contributed by atoms with Crippen molar-refractivity contribution in [2.24, 2.45) is 0 Å². The van der Waals surface area contributed by atoms with E-state index in [1.807, 2.05) is 0 Å². The van der Waals surface area contributed by atoms with E-state index in [0.717, 1.165) is 11.5 Å². The number of carboxylic acid groups (broad SMARTS) is 1. The maximum absolute atomic E-state index is 12.2. The van der Waals surface area contributed by atoms with E-state index in [1.54, 1.807) is 26.0 Å². The van der Waals surface area contributed by atoms with Crippen LogP contribution in [0.4, 0.5) is 5.00 Å². The van der Waals surface area contributed by atoms with Gasteiger partial charge in [-0.05, 0) is 25.0 Å². The highest BCUT2D eigenvalue weighted by Crippen LogP contribution is 2.21. The third-order valence-electron chi connectivity index (χ3n) is 2.66. The Kier molecular flexibility index (Phi) is 3.57. The minimum atomic E-state index is -1.12. The highest BCUT2D eigenvalue weighted by molar-refractivity contribution is 7.10. The van der Waals surface area contributed by atoms with E-state index < -0.39 is 11.9 Å². The number of amides is 1. The van der Waals surface area contributed by atoms with E-state index in [-0.39, 0.29) is 11.1 Å². The number of aromatic nitrogens is 2. The molecule has 1 aromatic heterocycles. The SMILES string of the molecule is Cc1ccc(C)c(C(=O)Nc2cnns2)c1C(=O)O. The zero-order chi connectivity index (χ0) is 14.0. The Morgan fingerprint density at radius 2 is 1.84 bits per heavy atom. The highest BCUT2D eigenvalue weighted by Gasteiger charge is 2.21.